The molecular weight excluding hydrogens is 198 g/mol. The van der Waals surface area contributed by atoms with Crippen LogP contribution in [0.3, 0.4) is 0 Å². The number of hydrogen-bond donors (Lipinski definition) is 0. The molecule has 0 bridgehead atoms. The van der Waals surface area contributed by atoms with Crippen LogP contribution in [0.4, 0.5) is 0 Å². The van der Waals surface area contributed by atoms with E-state index in [2.05, 4.69) is 6.58 Å². The lowest BCUT2D eigenvalue weighted by atomic mass is 10.1. The zero-order chi connectivity index (χ0) is 12.7. The first-order chi connectivity index (χ1) is 7.61. The minimum Gasteiger partial charge on any atom is -0.332 e. The number of allylic oxidation sites excluding steroid dienone is 1. The molecule has 2 heteroatoms. The van der Waals surface area contributed by atoms with Gasteiger partial charge in [-0.05, 0) is 26.3 Å². The topological polar surface area (TPSA) is 20.3 Å². The maximum absolute atomic E-state index is 11.8. The Morgan fingerprint density at radius 2 is 1.94 bits per heavy atom. The highest BCUT2D eigenvalue weighted by atomic mass is 16.2. The van der Waals surface area contributed by atoms with E-state index >= 15 is 0 Å². The molecule has 0 unspecified atom stereocenters. The van der Waals surface area contributed by atoms with Crippen LogP contribution < -0.4 is 0 Å². The van der Waals surface area contributed by atoms with E-state index in [9.17, 15) is 4.79 Å². The van der Waals surface area contributed by atoms with Gasteiger partial charge in [0.15, 0.2) is 0 Å². The maximum atomic E-state index is 11.8. The number of hydrogen-bond acceptors (Lipinski definition) is 1. The van der Waals surface area contributed by atoms with Crippen molar-refractivity contribution >= 4 is 5.91 Å². The average Bonchev–Trinajstić information content (AvgIpc) is 2.59. The van der Waals surface area contributed by atoms with E-state index < -0.39 is 0 Å². The molecule has 0 aromatic rings. The first-order valence-electron chi connectivity index (χ1n) is 5.91. The van der Waals surface area contributed by atoms with Crippen molar-refractivity contribution in [3.63, 3.8) is 0 Å². The zero-order valence-electron chi connectivity index (χ0n) is 11.1. The predicted molar refractivity (Wildman–Crippen MR) is 70.2 cm³/mol. The Kier molecular flexibility index (Phi) is 6.47. The molecule has 16 heavy (non-hydrogen) atoms. The highest BCUT2D eigenvalue weighted by Gasteiger charge is 2.28. The first-order valence-corrected chi connectivity index (χ1v) is 5.91. The summed E-state index contributed by atoms with van der Waals surface area (Å²) in [5, 5.41) is 0. The number of carbonyl (C=O) groups is 1. The summed E-state index contributed by atoms with van der Waals surface area (Å²) in [6.07, 6.45) is 5.59. The van der Waals surface area contributed by atoms with E-state index in [4.69, 9.17) is 0 Å². The van der Waals surface area contributed by atoms with E-state index in [0.717, 1.165) is 11.1 Å². The third-order valence-corrected chi connectivity index (χ3v) is 2.37. The third kappa shape index (κ3) is 3.09. The Morgan fingerprint density at radius 3 is 2.31 bits per heavy atom. The monoisotopic (exact) mass is 221 g/mol. The summed E-state index contributed by atoms with van der Waals surface area (Å²) in [5.74, 6) is 0.100. The van der Waals surface area contributed by atoms with E-state index in [1.807, 2.05) is 51.7 Å². The van der Waals surface area contributed by atoms with Crippen molar-refractivity contribution in [1.29, 1.82) is 0 Å². The summed E-state index contributed by atoms with van der Waals surface area (Å²) < 4.78 is 0. The lowest BCUT2D eigenvalue weighted by Gasteiger charge is -2.20. The number of carbonyl (C=O) groups excluding carboxylic acids is 1. The highest BCUT2D eigenvalue weighted by Crippen LogP contribution is 2.22. The van der Waals surface area contributed by atoms with Crippen molar-refractivity contribution in [2.45, 2.75) is 40.7 Å². The number of amides is 1. The third-order valence-electron chi connectivity index (χ3n) is 2.37. The van der Waals surface area contributed by atoms with Gasteiger partial charge in [0.05, 0.1) is 0 Å². The van der Waals surface area contributed by atoms with Crippen molar-refractivity contribution in [2.75, 3.05) is 6.54 Å². The molecule has 0 atom stereocenters. The van der Waals surface area contributed by atoms with Crippen molar-refractivity contribution in [2.24, 2.45) is 0 Å². The normalized spacial score (nSPS) is 15.9. The van der Waals surface area contributed by atoms with Crippen LogP contribution >= 0.6 is 0 Å². The molecule has 90 valence electrons. The molecule has 1 amide bonds. The van der Waals surface area contributed by atoms with Gasteiger partial charge in [-0.2, -0.15) is 0 Å². The van der Waals surface area contributed by atoms with Gasteiger partial charge in [-0.25, -0.2) is 0 Å². The summed E-state index contributed by atoms with van der Waals surface area (Å²) in [4.78, 5) is 13.7. The summed E-state index contributed by atoms with van der Waals surface area (Å²) in [5.41, 5.74) is 1.82. The maximum Gasteiger partial charge on any atom is 0.254 e. The van der Waals surface area contributed by atoms with Crippen molar-refractivity contribution in [1.82, 2.24) is 4.90 Å². The molecule has 0 spiro atoms. The van der Waals surface area contributed by atoms with Crippen LogP contribution in [0.2, 0.25) is 0 Å². The summed E-state index contributed by atoms with van der Waals surface area (Å²) >= 11 is 0. The Hall–Kier alpha value is -1.31. The van der Waals surface area contributed by atoms with Crippen molar-refractivity contribution in [3.05, 3.63) is 36.0 Å². The molecule has 0 N–H and O–H groups in total. The fraction of sp³-hybridized carbons (Fsp3) is 0.500. The lowest BCUT2D eigenvalue weighted by molar-refractivity contribution is -0.126. The Labute approximate surface area is 99.3 Å². The standard InChI is InChI=1S/C12H17NO.C2H6/c1-5-7-10-8-13(9(3)4)12(14)11(10)6-2;1-2/h5-7,9H,2,8H2,1,3-4H3;1-2H3/b7-5-;. The van der Waals surface area contributed by atoms with Gasteiger partial charge in [0, 0.05) is 18.2 Å². The molecule has 1 aliphatic heterocycles. The number of nitrogens with zero attached hydrogens (tertiary/aromatic N) is 1. The molecule has 0 fully saturated rings. The van der Waals surface area contributed by atoms with Crippen LogP contribution in [0, 0.1) is 0 Å². The minimum absolute atomic E-state index is 0.100. The Morgan fingerprint density at radius 1 is 1.38 bits per heavy atom. The van der Waals surface area contributed by atoms with Gasteiger partial charge in [-0.1, -0.05) is 38.7 Å². The van der Waals surface area contributed by atoms with Crippen LogP contribution in [0.5, 0.6) is 0 Å². The second-order valence-corrected chi connectivity index (χ2v) is 3.67. The van der Waals surface area contributed by atoms with Gasteiger partial charge in [0.2, 0.25) is 0 Å². The van der Waals surface area contributed by atoms with Gasteiger partial charge in [0.1, 0.15) is 0 Å². The highest BCUT2D eigenvalue weighted by molar-refractivity contribution is 6.00. The van der Waals surface area contributed by atoms with Gasteiger partial charge in [-0.15, -0.1) is 0 Å². The quantitative estimate of drug-likeness (QED) is 0.716. The lowest BCUT2D eigenvalue weighted by Crippen LogP contribution is -2.33. The van der Waals surface area contributed by atoms with Gasteiger partial charge in [0.25, 0.3) is 5.91 Å². The molecule has 1 heterocycles. The van der Waals surface area contributed by atoms with Gasteiger partial charge in [-0.3, -0.25) is 4.79 Å². The molecule has 0 radical (unpaired) electrons. The SMILES string of the molecule is C=CC1=C(/C=C\C)CN(C(C)C)C1=O.CC. The second-order valence-electron chi connectivity index (χ2n) is 3.67. The van der Waals surface area contributed by atoms with Crippen LogP contribution in [0.1, 0.15) is 34.6 Å². The fourth-order valence-corrected chi connectivity index (χ4v) is 1.61. The molecule has 0 aliphatic carbocycles. The first kappa shape index (κ1) is 14.7. The molecular formula is C14H23NO. The summed E-state index contributed by atoms with van der Waals surface area (Å²) in [7, 11) is 0. The largest absolute Gasteiger partial charge is 0.332 e. The zero-order valence-corrected chi connectivity index (χ0v) is 11.1. The summed E-state index contributed by atoms with van der Waals surface area (Å²) in [6, 6.07) is 0.250. The fourth-order valence-electron chi connectivity index (χ4n) is 1.61. The van der Waals surface area contributed by atoms with Crippen LogP contribution in [-0.4, -0.2) is 23.4 Å². The second kappa shape index (κ2) is 7.04. The number of rotatable bonds is 3. The Bertz CT molecular complexity index is 311. The molecule has 0 saturated heterocycles. The van der Waals surface area contributed by atoms with E-state index in [1.54, 1.807) is 6.08 Å². The Balaban J connectivity index is 0.00000106. The van der Waals surface area contributed by atoms with E-state index in [1.165, 1.54) is 0 Å². The van der Waals surface area contributed by atoms with E-state index in [0.29, 0.717) is 6.54 Å². The molecule has 2 nitrogen and oxygen atoms in total. The van der Waals surface area contributed by atoms with Gasteiger partial charge < -0.3 is 4.90 Å². The minimum atomic E-state index is 0.100. The van der Waals surface area contributed by atoms with Crippen LogP contribution in [0.25, 0.3) is 0 Å². The average molecular weight is 221 g/mol. The molecule has 1 rings (SSSR count). The molecule has 1 aliphatic rings. The molecule has 0 aromatic carbocycles. The molecule has 0 saturated carbocycles. The van der Waals surface area contributed by atoms with Crippen LogP contribution in [0.15, 0.2) is 36.0 Å². The summed E-state index contributed by atoms with van der Waals surface area (Å²) in [6.45, 7) is 14.4. The molecule has 0 aromatic heterocycles. The van der Waals surface area contributed by atoms with Crippen molar-refractivity contribution < 1.29 is 4.79 Å². The van der Waals surface area contributed by atoms with E-state index in [-0.39, 0.29) is 11.9 Å². The van der Waals surface area contributed by atoms with Crippen LogP contribution in [-0.2, 0) is 4.79 Å². The van der Waals surface area contributed by atoms with Crippen molar-refractivity contribution in [3.8, 4) is 0 Å². The predicted octanol–water partition coefficient (Wildman–Crippen LogP) is 3.32. The smallest absolute Gasteiger partial charge is 0.254 e. The van der Waals surface area contributed by atoms with Gasteiger partial charge >= 0.3 is 0 Å².